The van der Waals surface area contributed by atoms with Gasteiger partial charge in [0.25, 0.3) is 0 Å². The molecule has 0 spiro atoms. The van der Waals surface area contributed by atoms with Crippen molar-refractivity contribution in [2.24, 2.45) is 5.73 Å². The topological polar surface area (TPSA) is 81.1 Å². The Hall–Kier alpha value is -1.77. The lowest BCUT2D eigenvalue weighted by atomic mass is 10.1. The Bertz CT molecular complexity index is 885. The molecule has 0 aromatic carbocycles. The first-order valence-electron chi connectivity index (χ1n) is 7.68. The highest BCUT2D eigenvalue weighted by Crippen LogP contribution is 2.32. The summed E-state index contributed by atoms with van der Waals surface area (Å²) in [5.41, 5.74) is 9.45. The molecule has 0 fully saturated rings. The van der Waals surface area contributed by atoms with E-state index < -0.39 is 12.7 Å². The molecular formula is C16H17BrClFN6. The normalized spacial score (nSPS) is 12.5. The Kier molecular flexibility index (Phi) is 5.51. The van der Waals surface area contributed by atoms with E-state index in [0.29, 0.717) is 23.4 Å². The Morgan fingerprint density at radius 3 is 2.80 bits per heavy atom. The first-order chi connectivity index (χ1) is 12.0. The van der Waals surface area contributed by atoms with E-state index in [4.69, 9.17) is 17.3 Å². The number of nitrogens with one attached hydrogen (secondary N) is 1. The maximum Gasteiger partial charge on any atom is 0.243 e. The standard InChI is InChI=1S/C16H17BrClFN6/c1-9-12(6-11(20)7-19)14(17)25-13(9)15(23-16(18)24-25)22-8-10-2-4-21-5-3-10/h2-5,11H,6-8,20H2,1H3,(H,22,23,24)/t11-/m1/s1. The molecule has 132 valence electrons. The van der Waals surface area contributed by atoms with Crippen molar-refractivity contribution in [1.29, 1.82) is 0 Å². The average Bonchev–Trinajstić information content (AvgIpc) is 2.85. The van der Waals surface area contributed by atoms with E-state index in [2.05, 4.69) is 36.3 Å². The van der Waals surface area contributed by atoms with Crippen LogP contribution in [-0.2, 0) is 13.0 Å². The van der Waals surface area contributed by atoms with Crippen LogP contribution in [0.1, 0.15) is 16.7 Å². The summed E-state index contributed by atoms with van der Waals surface area (Å²) in [4.78, 5) is 8.31. The lowest BCUT2D eigenvalue weighted by molar-refractivity contribution is 0.426. The third kappa shape index (κ3) is 3.75. The van der Waals surface area contributed by atoms with Crippen molar-refractivity contribution in [1.82, 2.24) is 19.6 Å². The molecule has 0 amide bonds. The van der Waals surface area contributed by atoms with Gasteiger partial charge in [-0.25, -0.2) is 8.91 Å². The molecule has 3 aromatic rings. The van der Waals surface area contributed by atoms with Crippen LogP contribution in [0.5, 0.6) is 0 Å². The monoisotopic (exact) mass is 426 g/mol. The van der Waals surface area contributed by atoms with E-state index in [1.165, 1.54) is 0 Å². The molecule has 0 saturated heterocycles. The number of pyridine rings is 1. The van der Waals surface area contributed by atoms with E-state index in [9.17, 15) is 4.39 Å². The summed E-state index contributed by atoms with van der Waals surface area (Å²) in [5, 5.41) is 7.64. The predicted molar refractivity (Wildman–Crippen MR) is 99.7 cm³/mol. The van der Waals surface area contributed by atoms with Gasteiger partial charge in [-0.3, -0.25) is 4.98 Å². The van der Waals surface area contributed by atoms with E-state index in [1.54, 1.807) is 16.9 Å². The molecule has 0 aliphatic heterocycles. The second-order valence-corrected chi connectivity index (χ2v) is 6.80. The lowest BCUT2D eigenvalue weighted by Crippen LogP contribution is -2.25. The lowest BCUT2D eigenvalue weighted by Gasteiger charge is -2.09. The van der Waals surface area contributed by atoms with Gasteiger partial charge in [-0.2, -0.15) is 4.98 Å². The largest absolute Gasteiger partial charge is 0.364 e. The van der Waals surface area contributed by atoms with Crippen LogP contribution in [0.25, 0.3) is 5.52 Å². The molecule has 0 aliphatic rings. The van der Waals surface area contributed by atoms with Gasteiger partial charge in [0, 0.05) is 25.0 Å². The van der Waals surface area contributed by atoms with Gasteiger partial charge in [0.1, 0.15) is 16.8 Å². The number of rotatable bonds is 6. The van der Waals surface area contributed by atoms with Crippen LogP contribution in [0.4, 0.5) is 10.2 Å². The number of halogens is 3. The maximum atomic E-state index is 12.8. The molecule has 0 unspecified atom stereocenters. The number of aryl methyl sites for hydroxylation is 1. The summed E-state index contributed by atoms with van der Waals surface area (Å²) in [6.07, 6.45) is 3.86. The molecule has 3 heterocycles. The molecule has 0 radical (unpaired) electrons. The fourth-order valence-corrected chi connectivity index (χ4v) is 3.54. The number of nitrogens with two attached hydrogens (primary N) is 1. The van der Waals surface area contributed by atoms with Gasteiger partial charge in [-0.05, 0) is 69.7 Å². The number of anilines is 1. The van der Waals surface area contributed by atoms with Crippen LogP contribution in [-0.4, -0.2) is 32.3 Å². The highest BCUT2D eigenvalue weighted by Gasteiger charge is 2.21. The van der Waals surface area contributed by atoms with Crippen LogP contribution < -0.4 is 11.1 Å². The minimum Gasteiger partial charge on any atom is -0.364 e. The van der Waals surface area contributed by atoms with Crippen molar-refractivity contribution in [3.8, 4) is 0 Å². The number of hydrogen-bond donors (Lipinski definition) is 2. The molecule has 25 heavy (non-hydrogen) atoms. The summed E-state index contributed by atoms with van der Waals surface area (Å²) in [7, 11) is 0. The van der Waals surface area contributed by atoms with E-state index >= 15 is 0 Å². The highest BCUT2D eigenvalue weighted by molar-refractivity contribution is 9.10. The average molecular weight is 428 g/mol. The van der Waals surface area contributed by atoms with Crippen molar-refractivity contribution < 1.29 is 4.39 Å². The van der Waals surface area contributed by atoms with Gasteiger partial charge < -0.3 is 11.1 Å². The second kappa shape index (κ2) is 7.63. The second-order valence-electron chi connectivity index (χ2n) is 5.71. The van der Waals surface area contributed by atoms with Crippen LogP contribution in [0, 0.1) is 6.92 Å². The molecule has 6 nitrogen and oxygen atoms in total. The molecule has 0 aliphatic carbocycles. The predicted octanol–water partition coefficient (Wildman–Crippen LogP) is 3.30. The van der Waals surface area contributed by atoms with Crippen molar-refractivity contribution in [2.75, 3.05) is 12.0 Å². The fourth-order valence-electron chi connectivity index (χ4n) is 2.67. The molecule has 3 N–H and O–H groups in total. The zero-order valence-corrected chi connectivity index (χ0v) is 15.9. The third-order valence-corrected chi connectivity index (χ3v) is 4.91. The zero-order valence-electron chi connectivity index (χ0n) is 13.5. The Morgan fingerprint density at radius 2 is 2.12 bits per heavy atom. The molecular weight excluding hydrogens is 411 g/mol. The Morgan fingerprint density at radius 1 is 1.40 bits per heavy atom. The first kappa shape index (κ1) is 18.0. The molecule has 9 heteroatoms. The van der Waals surface area contributed by atoms with Crippen molar-refractivity contribution in [3.63, 3.8) is 0 Å². The fraction of sp³-hybridized carbons (Fsp3) is 0.312. The van der Waals surface area contributed by atoms with Gasteiger partial charge in [0.05, 0.1) is 0 Å². The smallest absolute Gasteiger partial charge is 0.243 e. The molecule has 0 saturated carbocycles. The van der Waals surface area contributed by atoms with Gasteiger partial charge in [-0.15, -0.1) is 5.10 Å². The summed E-state index contributed by atoms with van der Waals surface area (Å²) in [6.45, 7) is 1.92. The SMILES string of the molecule is Cc1c(C[C@@H](N)CF)c(Br)n2nc(Cl)nc(NCc3ccncc3)c12. The van der Waals surface area contributed by atoms with E-state index in [1.807, 2.05) is 19.1 Å². The number of aromatic nitrogens is 4. The number of hydrogen-bond acceptors (Lipinski definition) is 5. The number of fused-ring (bicyclic) bond motifs is 1. The summed E-state index contributed by atoms with van der Waals surface area (Å²) < 4.78 is 15.2. The minimum absolute atomic E-state index is 0.113. The number of alkyl halides is 1. The Balaban J connectivity index is 2.01. The van der Waals surface area contributed by atoms with E-state index in [0.717, 1.165) is 22.2 Å². The van der Waals surface area contributed by atoms with Gasteiger partial charge in [-0.1, -0.05) is 0 Å². The molecule has 3 rings (SSSR count). The van der Waals surface area contributed by atoms with Crippen molar-refractivity contribution >= 4 is 38.9 Å². The summed E-state index contributed by atoms with van der Waals surface area (Å²) in [5.74, 6) is 0.607. The van der Waals surface area contributed by atoms with Gasteiger partial charge >= 0.3 is 0 Å². The Labute approximate surface area is 157 Å². The van der Waals surface area contributed by atoms with Gasteiger partial charge in [0.2, 0.25) is 5.28 Å². The maximum absolute atomic E-state index is 12.8. The minimum atomic E-state index is -0.586. The summed E-state index contributed by atoms with van der Waals surface area (Å²) >= 11 is 9.60. The van der Waals surface area contributed by atoms with Gasteiger partial charge in [0.15, 0.2) is 5.82 Å². The zero-order chi connectivity index (χ0) is 18.0. The van der Waals surface area contributed by atoms with E-state index in [-0.39, 0.29) is 5.28 Å². The molecule has 1 atom stereocenters. The van der Waals surface area contributed by atoms with Crippen molar-refractivity contribution in [3.05, 3.63) is 51.1 Å². The van der Waals surface area contributed by atoms with Crippen molar-refractivity contribution in [2.45, 2.75) is 25.9 Å². The molecule has 0 bridgehead atoms. The van der Waals surface area contributed by atoms with Crippen LogP contribution in [0.15, 0.2) is 29.1 Å². The number of nitrogens with zero attached hydrogens (tertiary/aromatic N) is 4. The van der Waals surface area contributed by atoms with Crippen LogP contribution >= 0.6 is 27.5 Å². The first-order valence-corrected chi connectivity index (χ1v) is 8.86. The quantitative estimate of drug-likeness (QED) is 0.631. The van der Waals surface area contributed by atoms with Crippen LogP contribution in [0.2, 0.25) is 5.28 Å². The molecule has 3 aromatic heterocycles. The highest BCUT2D eigenvalue weighted by atomic mass is 79.9. The third-order valence-electron chi connectivity index (χ3n) is 3.94. The van der Waals surface area contributed by atoms with Crippen LogP contribution in [0.3, 0.4) is 0 Å². The summed E-state index contributed by atoms with van der Waals surface area (Å²) in [6, 6.07) is 3.27.